The minimum Gasteiger partial charge on any atom is -0.468 e. The van der Waals surface area contributed by atoms with Crippen molar-refractivity contribution in [1.29, 1.82) is 0 Å². The third-order valence-electron chi connectivity index (χ3n) is 3.91. The number of rotatable bonds is 4. The topological polar surface area (TPSA) is 97.1 Å². The maximum Gasteiger partial charge on any atom is 0.422 e. The monoisotopic (exact) mass is 355 g/mol. The number of hydrogen-bond acceptors (Lipinski definition) is 5. The van der Waals surface area contributed by atoms with Gasteiger partial charge in [-0.05, 0) is 12.5 Å². The molecule has 0 aliphatic carbocycles. The molecule has 10 heteroatoms. The maximum absolute atomic E-state index is 12.5. The number of halogens is 3. The highest BCUT2D eigenvalue weighted by Crippen LogP contribution is 2.30. The number of carbonyl (C=O) groups excluding carboxylic acids is 1. The highest BCUT2D eigenvalue weighted by molar-refractivity contribution is 5.92. The molecular weight excluding hydrogens is 339 g/mol. The van der Waals surface area contributed by atoms with E-state index in [9.17, 15) is 18.0 Å². The van der Waals surface area contributed by atoms with E-state index in [0.717, 1.165) is 5.69 Å². The number of H-pyrrole nitrogens is 1. The molecular formula is C15H16F3N5O2. The molecule has 2 aromatic heterocycles. The Morgan fingerprint density at radius 2 is 2.24 bits per heavy atom. The quantitative estimate of drug-likeness (QED) is 0.874. The second-order valence-corrected chi connectivity index (χ2v) is 5.74. The average Bonchev–Trinajstić information content (AvgIpc) is 3.20. The summed E-state index contributed by atoms with van der Waals surface area (Å²) in [5, 5.41) is 6.70. The lowest BCUT2D eigenvalue weighted by Gasteiger charge is -2.16. The number of hydrogen-bond donors (Lipinski definition) is 2. The van der Waals surface area contributed by atoms with Gasteiger partial charge in [0.2, 0.25) is 5.88 Å². The minimum absolute atomic E-state index is 0.0381. The Labute approximate surface area is 141 Å². The van der Waals surface area contributed by atoms with Gasteiger partial charge in [0.15, 0.2) is 6.61 Å². The van der Waals surface area contributed by atoms with Crippen LogP contribution in [0, 0.1) is 0 Å². The van der Waals surface area contributed by atoms with Gasteiger partial charge >= 0.3 is 6.18 Å². The van der Waals surface area contributed by atoms with Crippen LogP contribution in [-0.4, -0.2) is 51.9 Å². The first-order valence-corrected chi connectivity index (χ1v) is 7.58. The molecule has 1 saturated heterocycles. The van der Waals surface area contributed by atoms with Crippen LogP contribution in [0.1, 0.15) is 28.5 Å². The van der Waals surface area contributed by atoms with Crippen LogP contribution < -0.4 is 10.5 Å². The number of nitrogens with two attached hydrogens (primary N) is 1. The molecule has 7 nitrogen and oxygen atoms in total. The smallest absolute Gasteiger partial charge is 0.422 e. The molecule has 0 spiro atoms. The lowest BCUT2D eigenvalue weighted by Crippen LogP contribution is -2.29. The first kappa shape index (κ1) is 17.1. The van der Waals surface area contributed by atoms with E-state index in [4.69, 9.17) is 5.73 Å². The van der Waals surface area contributed by atoms with Crippen LogP contribution in [0.4, 0.5) is 18.9 Å². The number of carbonyl (C=O) groups is 1. The summed E-state index contributed by atoms with van der Waals surface area (Å²) in [6.45, 7) is -0.527. The van der Waals surface area contributed by atoms with E-state index in [1.807, 2.05) is 0 Å². The summed E-state index contributed by atoms with van der Waals surface area (Å²) in [4.78, 5) is 18.0. The van der Waals surface area contributed by atoms with Crippen molar-refractivity contribution >= 4 is 11.6 Å². The number of nitrogens with zero attached hydrogens (tertiary/aromatic N) is 3. The molecule has 0 bridgehead atoms. The van der Waals surface area contributed by atoms with Crippen molar-refractivity contribution in [2.75, 3.05) is 25.4 Å². The zero-order chi connectivity index (χ0) is 18.0. The predicted molar refractivity (Wildman–Crippen MR) is 82.0 cm³/mol. The highest BCUT2D eigenvalue weighted by atomic mass is 19.4. The third kappa shape index (κ3) is 4.01. The van der Waals surface area contributed by atoms with E-state index < -0.39 is 12.8 Å². The van der Waals surface area contributed by atoms with Crippen LogP contribution in [0.2, 0.25) is 0 Å². The summed E-state index contributed by atoms with van der Waals surface area (Å²) < 4.78 is 41.2. The Morgan fingerprint density at radius 1 is 1.44 bits per heavy atom. The average molecular weight is 355 g/mol. The van der Waals surface area contributed by atoms with Gasteiger partial charge in [0, 0.05) is 25.1 Å². The molecule has 3 heterocycles. The lowest BCUT2D eigenvalue weighted by atomic mass is 10.0. The Kier molecular flexibility index (Phi) is 4.51. The molecule has 1 fully saturated rings. The molecule has 134 valence electrons. The standard InChI is InChI=1S/C15H16F3N5O2/c16-15(17,18)8-25-12-3-1-2-11(21-12)14(24)23-5-4-9(7-23)13-10(19)6-20-22-13/h1-3,6,9H,4-5,7-8,19H2,(H,20,22). The van der Waals surface area contributed by atoms with E-state index in [0.29, 0.717) is 25.2 Å². The van der Waals surface area contributed by atoms with E-state index >= 15 is 0 Å². The number of amides is 1. The van der Waals surface area contributed by atoms with Gasteiger partial charge in [0.05, 0.1) is 17.6 Å². The van der Waals surface area contributed by atoms with Crippen LogP contribution >= 0.6 is 0 Å². The van der Waals surface area contributed by atoms with E-state index in [-0.39, 0.29) is 23.4 Å². The molecule has 1 unspecified atom stereocenters. The van der Waals surface area contributed by atoms with Gasteiger partial charge in [-0.1, -0.05) is 6.07 Å². The normalized spacial score (nSPS) is 17.7. The van der Waals surface area contributed by atoms with Crippen LogP contribution in [0.5, 0.6) is 5.88 Å². The maximum atomic E-state index is 12.5. The molecule has 1 amide bonds. The minimum atomic E-state index is -4.46. The van der Waals surface area contributed by atoms with Crippen LogP contribution in [0.25, 0.3) is 0 Å². The SMILES string of the molecule is Nc1cn[nH]c1C1CCN(C(=O)c2cccc(OCC(F)(F)F)n2)C1. The molecule has 2 aromatic rings. The molecule has 0 radical (unpaired) electrons. The van der Waals surface area contributed by atoms with Gasteiger partial charge in [0.25, 0.3) is 5.91 Å². The molecule has 25 heavy (non-hydrogen) atoms. The summed E-state index contributed by atoms with van der Waals surface area (Å²) in [5.74, 6) is -0.564. The predicted octanol–water partition coefficient (Wildman–Crippen LogP) is 1.96. The third-order valence-corrected chi connectivity index (χ3v) is 3.91. The molecule has 3 rings (SSSR count). The highest BCUT2D eigenvalue weighted by Gasteiger charge is 2.31. The van der Waals surface area contributed by atoms with Crippen molar-refractivity contribution in [3.8, 4) is 5.88 Å². The van der Waals surface area contributed by atoms with Gasteiger partial charge in [0.1, 0.15) is 5.69 Å². The fraction of sp³-hybridized carbons (Fsp3) is 0.400. The second kappa shape index (κ2) is 6.61. The van der Waals surface area contributed by atoms with Gasteiger partial charge in [-0.15, -0.1) is 0 Å². The summed E-state index contributed by atoms with van der Waals surface area (Å²) in [5.41, 5.74) is 7.19. The van der Waals surface area contributed by atoms with E-state index in [1.54, 1.807) is 4.90 Å². The number of alkyl halides is 3. The summed E-state index contributed by atoms with van der Waals surface area (Å²) in [6.07, 6.45) is -2.24. The molecule has 3 N–H and O–H groups in total. The molecule has 1 atom stereocenters. The van der Waals surface area contributed by atoms with Crippen molar-refractivity contribution in [1.82, 2.24) is 20.1 Å². The second-order valence-electron chi connectivity index (χ2n) is 5.74. The zero-order valence-corrected chi connectivity index (χ0v) is 13.1. The molecule has 1 aliphatic heterocycles. The molecule has 0 aromatic carbocycles. The van der Waals surface area contributed by atoms with Crippen LogP contribution in [0.15, 0.2) is 24.4 Å². The number of aromatic nitrogens is 3. The number of pyridine rings is 1. The van der Waals surface area contributed by atoms with Crippen molar-refractivity contribution in [3.05, 3.63) is 35.8 Å². The van der Waals surface area contributed by atoms with E-state index in [2.05, 4.69) is 19.9 Å². The Balaban J connectivity index is 1.66. The first-order valence-electron chi connectivity index (χ1n) is 7.58. The van der Waals surface area contributed by atoms with Crippen molar-refractivity contribution in [2.45, 2.75) is 18.5 Å². The zero-order valence-electron chi connectivity index (χ0n) is 13.1. The first-order chi connectivity index (χ1) is 11.8. The number of anilines is 1. The number of aromatic amines is 1. The summed E-state index contributed by atoms with van der Waals surface area (Å²) in [6, 6.07) is 4.16. The Hall–Kier alpha value is -2.78. The molecule has 0 saturated carbocycles. The number of ether oxygens (including phenoxy) is 1. The molecule has 1 aliphatic rings. The lowest BCUT2D eigenvalue weighted by molar-refractivity contribution is -0.154. The largest absolute Gasteiger partial charge is 0.468 e. The van der Waals surface area contributed by atoms with Gasteiger partial charge in [-0.2, -0.15) is 18.3 Å². The van der Waals surface area contributed by atoms with Gasteiger partial charge < -0.3 is 15.4 Å². The van der Waals surface area contributed by atoms with Crippen molar-refractivity contribution in [2.24, 2.45) is 0 Å². The van der Waals surface area contributed by atoms with Crippen LogP contribution in [-0.2, 0) is 0 Å². The fourth-order valence-corrected chi connectivity index (χ4v) is 2.74. The van der Waals surface area contributed by atoms with E-state index in [1.165, 1.54) is 24.4 Å². The fourth-order valence-electron chi connectivity index (χ4n) is 2.74. The van der Waals surface area contributed by atoms with Gasteiger partial charge in [-0.25, -0.2) is 4.98 Å². The summed E-state index contributed by atoms with van der Waals surface area (Å²) >= 11 is 0. The number of nitrogen functional groups attached to an aromatic ring is 1. The summed E-state index contributed by atoms with van der Waals surface area (Å²) in [7, 11) is 0. The van der Waals surface area contributed by atoms with Gasteiger partial charge in [-0.3, -0.25) is 9.89 Å². The Morgan fingerprint density at radius 3 is 2.92 bits per heavy atom. The Bertz CT molecular complexity index is 762. The number of nitrogens with one attached hydrogen (secondary N) is 1. The van der Waals surface area contributed by atoms with Crippen molar-refractivity contribution in [3.63, 3.8) is 0 Å². The van der Waals surface area contributed by atoms with Crippen molar-refractivity contribution < 1.29 is 22.7 Å². The number of likely N-dealkylation sites (tertiary alicyclic amines) is 1. The van der Waals surface area contributed by atoms with Crippen LogP contribution in [0.3, 0.4) is 0 Å².